The maximum absolute atomic E-state index is 12.4. The van der Waals surface area contributed by atoms with Crippen LogP contribution in [0.4, 0.5) is 0 Å². The summed E-state index contributed by atoms with van der Waals surface area (Å²) >= 11 is 0. The number of aryl methyl sites for hydroxylation is 1. The maximum Gasteiger partial charge on any atom is 0.255 e. The number of hydrogen-bond acceptors (Lipinski definition) is 3. The summed E-state index contributed by atoms with van der Waals surface area (Å²) in [7, 11) is 0. The van der Waals surface area contributed by atoms with Crippen LogP contribution in [-0.2, 0) is 6.42 Å². The Labute approximate surface area is 128 Å². The minimum atomic E-state index is -0.145. The van der Waals surface area contributed by atoms with Gasteiger partial charge in [-0.05, 0) is 31.0 Å². The third-order valence-corrected chi connectivity index (χ3v) is 3.47. The van der Waals surface area contributed by atoms with Crippen LogP contribution in [-0.4, -0.2) is 22.6 Å². The maximum atomic E-state index is 12.4. The number of aromatic amines is 1. The highest BCUT2D eigenvalue weighted by Gasteiger charge is 2.20. The van der Waals surface area contributed by atoms with Gasteiger partial charge in [-0.3, -0.25) is 9.89 Å². The Morgan fingerprint density at radius 1 is 1.23 bits per heavy atom. The number of furan rings is 1. The average Bonchev–Trinajstić information content (AvgIpc) is 3.17. The van der Waals surface area contributed by atoms with E-state index >= 15 is 0 Å². The van der Waals surface area contributed by atoms with Crippen molar-refractivity contribution in [1.82, 2.24) is 15.5 Å². The molecule has 0 saturated carbocycles. The first kappa shape index (κ1) is 14.1. The molecule has 22 heavy (non-hydrogen) atoms. The number of amides is 1. The van der Waals surface area contributed by atoms with Crippen LogP contribution in [0.1, 0.15) is 21.6 Å². The van der Waals surface area contributed by atoms with E-state index in [4.69, 9.17) is 4.42 Å². The molecule has 1 aromatic carbocycles. The van der Waals surface area contributed by atoms with Crippen LogP contribution >= 0.6 is 0 Å². The summed E-state index contributed by atoms with van der Waals surface area (Å²) in [4.78, 5) is 12.4. The predicted octanol–water partition coefficient (Wildman–Crippen LogP) is 2.95. The average molecular weight is 295 g/mol. The number of carbonyl (C=O) groups is 1. The fourth-order valence-corrected chi connectivity index (χ4v) is 2.35. The summed E-state index contributed by atoms with van der Waals surface area (Å²) in [6.45, 7) is 2.40. The Hall–Kier alpha value is -2.82. The van der Waals surface area contributed by atoms with Crippen molar-refractivity contribution in [2.45, 2.75) is 13.3 Å². The Morgan fingerprint density at radius 2 is 2.05 bits per heavy atom. The zero-order valence-electron chi connectivity index (χ0n) is 12.3. The standard InChI is InChI=1S/C17H17N3O2/c1-12-15(16(20-19-12)14-8-5-11-22-14)17(21)18-10-9-13-6-3-2-4-7-13/h2-8,11H,9-10H2,1H3,(H,18,21)(H,19,20). The number of hydrogen-bond donors (Lipinski definition) is 2. The second-order valence-corrected chi connectivity index (χ2v) is 5.04. The van der Waals surface area contributed by atoms with Crippen molar-refractivity contribution in [3.05, 3.63) is 65.5 Å². The Bertz CT molecular complexity index is 746. The molecule has 0 unspecified atom stereocenters. The smallest absolute Gasteiger partial charge is 0.255 e. The molecule has 2 aromatic heterocycles. The molecule has 0 fully saturated rings. The van der Waals surface area contributed by atoms with E-state index in [1.165, 1.54) is 5.56 Å². The van der Waals surface area contributed by atoms with Crippen molar-refractivity contribution < 1.29 is 9.21 Å². The van der Waals surface area contributed by atoms with Crippen molar-refractivity contribution in [2.75, 3.05) is 6.54 Å². The normalized spacial score (nSPS) is 10.6. The molecule has 0 saturated heterocycles. The van der Waals surface area contributed by atoms with Crippen LogP contribution < -0.4 is 5.32 Å². The second kappa shape index (κ2) is 6.30. The lowest BCUT2D eigenvalue weighted by Crippen LogP contribution is -2.26. The molecule has 2 heterocycles. The van der Waals surface area contributed by atoms with Crippen molar-refractivity contribution in [2.24, 2.45) is 0 Å². The van der Waals surface area contributed by atoms with Gasteiger partial charge in [-0.2, -0.15) is 5.10 Å². The third-order valence-electron chi connectivity index (χ3n) is 3.47. The lowest BCUT2D eigenvalue weighted by Gasteiger charge is -2.06. The lowest BCUT2D eigenvalue weighted by atomic mass is 10.1. The molecule has 112 valence electrons. The molecule has 0 spiro atoms. The van der Waals surface area contributed by atoms with Gasteiger partial charge in [0.25, 0.3) is 5.91 Å². The number of carbonyl (C=O) groups excluding carboxylic acids is 1. The third kappa shape index (κ3) is 2.93. The fraction of sp³-hybridized carbons (Fsp3) is 0.176. The van der Waals surface area contributed by atoms with E-state index in [2.05, 4.69) is 15.5 Å². The van der Waals surface area contributed by atoms with E-state index in [0.717, 1.165) is 12.1 Å². The minimum Gasteiger partial charge on any atom is -0.463 e. The van der Waals surface area contributed by atoms with Gasteiger partial charge in [0, 0.05) is 12.2 Å². The molecular formula is C17H17N3O2. The summed E-state index contributed by atoms with van der Waals surface area (Å²) in [6.07, 6.45) is 2.36. The largest absolute Gasteiger partial charge is 0.463 e. The van der Waals surface area contributed by atoms with E-state index in [9.17, 15) is 4.79 Å². The Morgan fingerprint density at radius 3 is 2.77 bits per heavy atom. The summed E-state index contributed by atoms with van der Waals surface area (Å²) in [5, 5.41) is 9.95. The summed E-state index contributed by atoms with van der Waals surface area (Å²) < 4.78 is 5.34. The van der Waals surface area contributed by atoms with E-state index in [1.54, 1.807) is 18.4 Å². The molecule has 0 aliphatic rings. The molecule has 2 N–H and O–H groups in total. The van der Waals surface area contributed by atoms with Gasteiger partial charge in [0.15, 0.2) is 5.76 Å². The van der Waals surface area contributed by atoms with Crippen molar-refractivity contribution >= 4 is 5.91 Å². The van der Waals surface area contributed by atoms with Crippen LogP contribution in [0.25, 0.3) is 11.5 Å². The van der Waals surface area contributed by atoms with Gasteiger partial charge in [0.2, 0.25) is 0 Å². The SMILES string of the molecule is Cc1[nH]nc(-c2ccco2)c1C(=O)NCCc1ccccc1. The van der Waals surface area contributed by atoms with Crippen LogP contribution in [0, 0.1) is 6.92 Å². The molecule has 3 aromatic rings. The van der Waals surface area contributed by atoms with E-state index in [0.29, 0.717) is 23.6 Å². The van der Waals surface area contributed by atoms with Gasteiger partial charge in [-0.25, -0.2) is 0 Å². The van der Waals surface area contributed by atoms with Gasteiger partial charge < -0.3 is 9.73 Å². The first-order chi connectivity index (χ1) is 10.8. The van der Waals surface area contributed by atoms with E-state index < -0.39 is 0 Å². The van der Waals surface area contributed by atoms with Crippen molar-refractivity contribution in [3.63, 3.8) is 0 Å². The molecular weight excluding hydrogens is 278 g/mol. The van der Waals surface area contributed by atoms with Gasteiger partial charge in [0.1, 0.15) is 5.69 Å². The molecule has 0 aliphatic carbocycles. The van der Waals surface area contributed by atoms with Crippen LogP contribution in [0.5, 0.6) is 0 Å². The quantitative estimate of drug-likeness (QED) is 0.760. The molecule has 5 heteroatoms. The lowest BCUT2D eigenvalue weighted by molar-refractivity contribution is 0.0954. The highest BCUT2D eigenvalue weighted by molar-refractivity contribution is 6.00. The molecule has 0 radical (unpaired) electrons. The first-order valence-electron chi connectivity index (χ1n) is 7.16. The van der Waals surface area contributed by atoms with E-state index in [1.807, 2.05) is 37.3 Å². The molecule has 3 rings (SSSR count). The summed E-state index contributed by atoms with van der Waals surface area (Å²) in [6, 6.07) is 13.6. The van der Waals surface area contributed by atoms with Gasteiger partial charge in [0.05, 0.1) is 11.8 Å². The Kier molecular flexibility index (Phi) is 4.05. The van der Waals surface area contributed by atoms with Crippen molar-refractivity contribution in [3.8, 4) is 11.5 Å². The summed E-state index contributed by atoms with van der Waals surface area (Å²) in [5.41, 5.74) is 2.99. The van der Waals surface area contributed by atoms with Crippen molar-refractivity contribution in [1.29, 1.82) is 0 Å². The molecule has 0 aliphatic heterocycles. The molecule has 0 atom stereocenters. The summed E-state index contributed by atoms with van der Waals surface area (Å²) in [5.74, 6) is 0.436. The zero-order valence-corrected chi connectivity index (χ0v) is 12.3. The highest BCUT2D eigenvalue weighted by atomic mass is 16.3. The number of rotatable bonds is 5. The topological polar surface area (TPSA) is 70.9 Å². The highest BCUT2D eigenvalue weighted by Crippen LogP contribution is 2.23. The molecule has 5 nitrogen and oxygen atoms in total. The molecule has 0 bridgehead atoms. The minimum absolute atomic E-state index is 0.145. The van der Waals surface area contributed by atoms with Crippen LogP contribution in [0.2, 0.25) is 0 Å². The fourth-order valence-electron chi connectivity index (χ4n) is 2.35. The van der Waals surface area contributed by atoms with E-state index in [-0.39, 0.29) is 5.91 Å². The number of aromatic nitrogens is 2. The van der Waals surface area contributed by atoms with Gasteiger partial charge >= 0.3 is 0 Å². The number of benzene rings is 1. The second-order valence-electron chi connectivity index (χ2n) is 5.04. The van der Waals surface area contributed by atoms with Gasteiger partial charge in [-0.1, -0.05) is 30.3 Å². The molecule has 1 amide bonds. The Balaban J connectivity index is 1.69. The van der Waals surface area contributed by atoms with Crippen LogP contribution in [0.15, 0.2) is 53.1 Å². The number of nitrogens with one attached hydrogen (secondary N) is 2. The van der Waals surface area contributed by atoms with Gasteiger partial charge in [-0.15, -0.1) is 0 Å². The number of H-pyrrole nitrogens is 1. The predicted molar refractivity (Wildman–Crippen MR) is 83.5 cm³/mol. The number of nitrogens with zero attached hydrogens (tertiary/aromatic N) is 1. The monoisotopic (exact) mass is 295 g/mol. The first-order valence-corrected chi connectivity index (χ1v) is 7.16. The van der Waals surface area contributed by atoms with Crippen LogP contribution in [0.3, 0.4) is 0 Å². The zero-order chi connectivity index (χ0) is 15.4.